The summed E-state index contributed by atoms with van der Waals surface area (Å²) in [5, 5.41) is 13.6. The molecular formula is C14H15CuN3O4. The molecule has 2 aromatic rings. The number of carbonyl (C=O) groups is 1. The number of hydrogen-bond acceptors (Lipinski definition) is 5. The third-order valence-electron chi connectivity index (χ3n) is 2.56. The van der Waals surface area contributed by atoms with Crippen LogP contribution in [0.3, 0.4) is 0 Å². The number of hydrogen-bond donors (Lipinski definition) is 2. The molecule has 1 aromatic carbocycles. The van der Waals surface area contributed by atoms with Crippen molar-refractivity contribution in [1.29, 1.82) is 0 Å². The Morgan fingerprint density at radius 2 is 2.00 bits per heavy atom. The molecule has 8 heteroatoms. The Hall–Kier alpha value is -2.41. The van der Waals surface area contributed by atoms with Gasteiger partial charge in [0.05, 0.1) is 13.3 Å². The van der Waals surface area contributed by atoms with E-state index in [1.54, 1.807) is 30.3 Å². The second kappa shape index (κ2) is 9.51. The second-order valence-electron chi connectivity index (χ2n) is 3.83. The molecule has 4 N–H and O–H groups in total. The molecule has 22 heavy (non-hydrogen) atoms. The van der Waals surface area contributed by atoms with Crippen molar-refractivity contribution in [3.05, 3.63) is 53.9 Å². The van der Waals surface area contributed by atoms with E-state index in [0.29, 0.717) is 16.9 Å². The zero-order valence-electron chi connectivity index (χ0n) is 11.6. The number of methoxy groups -OCH3 is 1. The molecule has 0 aliphatic carbocycles. The zero-order valence-corrected chi connectivity index (χ0v) is 12.5. The van der Waals surface area contributed by atoms with Gasteiger partial charge >= 0.3 is 0 Å². The third-order valence-corrected chi connectivity index (χ3v) is 2.56. The maximum atomic E-state index is 11.7. The Bertz CT molecular complexity index is 635. The predicted octanol–water partition coefficient (Wildman–Crippen LogP) is 0.732. The second-order valence-corrected chi connectivity index (χ2v) is 3.83. The monoisotopic (exact) mass is 352 g/mol. The van der Waals surface area contributed by atoms with Crippen LogP contribution >= 0.6 is 0 Å². The normalized spacial score (nSPS) is 9.50. The number of carbonyl (C=O) groups excluding carboxylic acids is 1. The van der Waals surface area contributed by atoms with Crippen LogP contribution in [0.5, 0.6) is 11.5 Å². The number of nitrogens with one attached hydrogen (secondary N) is 1. The largest absolute Gasteiger partial charge is 0.504 e. The molecule has 7 nitrogen and oxygen atoms in total. The Kier molecular flexibility index (Phi) is 8.47. The minimum atomic E-state index is -0.356. The zero-order chi connectivity index (χ0) is 14.4. The summed E-state index contributed by atoms with van der Waals surface area (Å²) in [6.45, 7) is 0. The van der Waals surface area contributed by atoms with Crippen molar-refractivity contribution in [2.45, 2.75) is 0 Å². The SMILES string of the molecule is COc1cccc(/C=N/NC(=O)c2ccncc2)c1O.O.[Cu]. The van der Waals surface area contributed by atoms with Crippen molar-refractivity contribution in [2.75, 3.05) is 7.11 Å². The maximum Gasteiger partial charge on any atom is 0.271 e. The van der Waals surface area contributed by atoms with Gasteiger partial charge in [-0.1, -0.05) is 6.07 Å². The van der Waals surface area contributed by atoms with E-state index < -0.39 is 0 Å². The smallest absolute Gasteiger partial charge is 0.271 e. The summed E-state index contributed by atoms with van der Waals surface area (Å²) in [5.74, 6) is -0.0441. The van der Waals surface area contributed by atoms with Crippen molar-refractivity contribution in [3.63, 3.8) is 0 Å². The first-order chi connectivity index (χ1) is 9.72. The third kappa shape index (κ3) is 4.85. The standard InChI is InChI=1S/C14H13N3O3.Cu.H2O/c1-20-12-4-2-3-11(13(12)18)9-16-17-14(19)10-5-7-15-8-6-10;;/h2-9,18H,1H3,(H,17,19);;1H2/b16-9+;;. The molecule has 2 rings (SSSR count). The van der Waals surface area contributed by atoms with Crippen LogP contribution in [-0.2, 0) is 17.1 Å². The summed E-state index contributed by atoms with van der Waals surface area (Å²) < 4.78 is 4.98. The van der Waals surface area contributed by atoms with Crippen molar-refractivity contribution in [1.82, 2.24) is 10.4 Å². The molecule has 0 spiro atoms. The molecule has 121 valence electrons. The molecule has 0 aliphatic heterocycles. The van der Waals surface area contributed by atoms with E-state index in [1.165, 1.54) is 25.7 Å². The van der Waals surface area contributed by atoms with Crippen molar-refractivity contribution in [2.24, 2.45) is 5.10 Å². The van der Waals surface area contributed by atoms with E-state index in [2.05, 4.69) is 15.5 Å². The van der Waals surface area contributed by atoms with Crippen molar-refractivity contribution in [3.8, 4) is 11.5 Å². The molecule has 0 fully saturated rings. The molecule has 1 amide bonds. The fourth-order valence-electron chi connectivity index (χ4n) is 1.54. The van der Waals surface area contributed by atoms with E-state index in [9.17, 15) is 9.90 Å². The van der Waals surface area contributed by atoms with Gasteiger partial charge in [0.2, 0.25) is 0 Å². The number of phenols is 1. The average molecular weight is 353 g/mol. The Balaban J connectivity index is 0.00000220. The molecule has 1 heterocycles. The van der Waals surface area contributed by atoms with E-state index in [4.69, 9.17) is 4.74 Å². The molecule has 0 aliphatic rings. The van der Waals surface area contributed by atoms with Crippen LogP contribution in [0.15, 0.2) is 47.8 Å². The summed E-state index contributed by atoms with van der Waals surface area (Å²) in [6, 6.07) is 8.15. The summed E-state index contributed by atoms with van der Waals surface area (Å²) in [6.07, 6.45) is 4.38. The number of aromatic nitrogens is 1. The van der Waals surface area contributed by atoms with Crippen molar-refractivity contribution >= 4 is 12.1 Å². The van der Waals surface area contributed by atoms with Crippen LogP contribution in [0, 0.1) is 0 Å². The van der Waals surface area contributed by atoms with E-state index in [1.807, 2.05) is 0 Å². The number of phenolic OH excluding ortho intramolecular Hbond substituents is 1. The number of benzene rings is 1. The molecule has 0 atom stereocenters. The molecule has 0 unspecified atom stereocenters. The Morgan fingerprint density at radius 3 is 2.64 bits per heavy atom. The minimum Gasteiger partial charge on any atom is -0.504 e. The summed E-state index contributed by atoms with van der Waals surface area (Å²) in [4.78, 5) is 15.5. The maximum absolute atomic E-state index is 11.7. The van der Waals surface area contributed by atoms with Gasteiger partial charge in [-0.05, 0) is 24.3 Å². The van der Waals surface area contributed by atoms with Crippen LogP contribution in [-0.4, -0.2) is 34.8 Å². The Labute approximate surface area is 137 Å². The van der Waals surface area contributed by atoms with Gasteiger partial charge in [-0.25, -0.2) is 5.43 Å². The van der Waals surface area contributed by atoms with Gasteiger partial charge in [0.15, 0.2) is 11.5 Å². The van der Waals surface area contributed by atoms with E-state index in [0.717, 1.165) is 0 Å². The first-order valence-corrected chi connectivity index (χ1v) is 5.82. The van der Waals surface area contributed by atoms with Gasteiger partial charge < -0.3 is 15.3 Å². The van der Waals surface area contributed by atoms with Gasteiger partial charge in [-0.3, -0.25) is 9.78 Å². The van der Waals surface area contributed by atoms with E-state index >= 15 is 0 Å². The number of hydrazone groups is 1. The van der Waals surface area contributed by atoms with Gasteiger partial charge in [-0.2, -0.15) is 5.10 Å². The number of rotatable bonds is 4. The average Bonchev–Trinajstić information content (AvgIpc) is 2.49. The number of pyridine rings is 1. The minimum absolute atomic E-state index is 0. The number of amides is 1. The van der Waals surface area contributed by atoms with Gasteiger partial charge in [0, 0.05) is 40.6 Å². The van der Waals surface area contributed by atoms with Crippen LogP contribution in [0.4, 0.5) is 0 Å². The summed E-state index contributed by atoms with van der Waals surface area (Å²) >= 11 is 0. The van der Waals surface area contributed by atoms with Crippen LogP contribution < -0.4 is 10.2 Å². The molecule has 0 saturated heterocycles. The van der Waals surface area contributed by atoms with Gasteiger partial charge in [-0.15, -0.1) is 0 Å². The van der Waals surface area contributed by atoms with Crippen LogP contribution in [0.25, 0.3) is 0 Å². The predicted molar refractivity (Wildman–Crippen MR) is 77.6 cm³/mol. The fourth-order valence-corrected chi connectivity index (χ4v) is 1.54. The molecule has 1 radical (unpaired) electrons. The summed E-state index contributed by atoms with van der Waals surface area (Å²) in [5.41, 5.74) is 3.26. The molecule has 0 saturated carbocycles. The first kappa shape index (κ1) is 19.6. The van der Waals surface area contributed by atoms with Crippen LogP contribution in [0.1, 0.15) is 15.9 Å². The number of nitrogens with zero attached hydrogens (tertiary/aromatic N) is 2. The fraction of sp³-hybridized carbons (Fsp3) is 0.0714. The number of para-hydroxylation sites is 1. The number of aromatic hydroxyl groups is 1. The first-order valence-electron chi connectivity index (χ1n) is 5.82. The topological polar surface area (TPSA) is 115 Å². The molecular weight excluding hydrogens is 338 g/mol. The molecule has 1 aromatic heterocycles. The Morgan fingerprint density at radius 1 is 1.32 bits per heavy atom. The molecule has 0 bridgehead atoms. The summed E-state index contributed by atoms with van der Waals surface area (Å²) in [7, 11) is 1.46. The van der Waals surface area contributed by atoms with Crippen LogP contribution in [0.2, 0.25) is 0 Å². The van der Waals surface area contributed by atoms with Crippen molar-refractivity contribution < 1.29 is 37.2 Å². The number of ether oxygens (including phenoxy) is 1. The quantitative estimate of drug-likeness (QED) is 0.479. The van der Waals surface area contributed by atoms with Gasteiger partial charge in [0.25, 0.3) is 5.91 Å². The van der Waals surface area contributed by atoms with Gasteiger partial charge in [0.1, 0.15) is 0 Å². The van der Waals surface area contributed by atoms with E-state index in [-0.39, 0.29) is 34.2 Å².